The molecule has 1 aliphatic rings. The average molecular weight is 494 g/mol. The lowest BCUT2D eigenvalue weighted by Crippen LogP contribution is -2.30. The number of imide groups is 1. The number of aryl methyl sites for hydroxylation is 1. The largest absolute Gasteiger partial charge is 0.482 e. The van der Waals surface area contributed by atoms with E-state index in [2.05, 4.69) is 10.6 Å². The molecule has 1 heterocycles. The number of anilines is 1. The lowest BCUT2D eigenvalue weighted by molar-refractivity contribution is -0.123. The summed E-state index contributed by atoms with van der Waals surface area (Å²) >= 11 is 6.28. The molecule has 178 valence electrons. The predicted molar refractivity (Wildman–Crippen MR) is 130 cm³/mol. The number of rotatable bonds is 7. The van der Waals surface area contributed by atoms with E-state index in [-0.39, 0.29) is 29.6 Å². The molecule has 0 aliphatic carbocycles. The van der Waals surface area contributed by atoms with E-state index in [1.807, 2.05) is 31.2 Å². The van der Waals surface area contributed by atoms with E-state index < -0.39 is 23.7 Å². The molecule has 35 heavy (non-hydrogen) atoms. The van der Waals surface area contributed by atoms with E-state index >= 15 is 0 Å². The highest BCUT2D eigenvalue weighted by molar-refractivity contribution is 6.32. The zero-order valence-electron chi connectivity index (χ0n) is 18.7. The molecule has 3 aromatic rings. The van der Waals surface area contributed by atoms with Crippen molar-refractivity contribution in [1.82, 2.24) is 10.2 Å². The van der Waals surface area contributed by atoms with E-state index in [1.54, 1.807) is 18.2 Å². The number of nitrogens with zero attached hydrogens (tertiary/aromatic N) is 1. The summed E-state index contributed by atoms with van der Waals surface area (Å²) in [5.74, 6) is -1.01. The van der Waals surface area contributed by atoms with Crippen LogP contribution in [0.1, 0.15) is 16.7 Å². The van der Waals surface area contributed by atoms with Gasteiger partial charge >= 0.3 is 6.03 Å². The Labute approximate surface area is 206 Å². The van der Waals surface area contributed by atoms with Crippen molar-refractivity contribution >= 4 is 41.2 Å². The smallest absolute Gasteiger partial charge is 0.329 e. The van der Waals surface area contributed by atoms with Gasteiger partial charge < -0.3 is 15.4 Å². The summed E-state index contributed by atoms with van der Waals surface area (Å²) in [6.45, 7) is 1.82. The van der Waals surface area contributed by atoms with E-state index in [0.29, 0.717) is 11.3 Å². The Hall–Kier alpha value is -4.17. The lowest BCUT2D eigenvalue weighted by Gasteiger charge is -2.12. The zero-order chi connectivity index (χ0) is 24.9. The number of halogens is 2. The van der Waals surface area contributed by atoms with Crippen molar-refractivity contribution < 1.29 is 23.5 Å². The third-order valence-electron chi connectivity index (χ3n) is 5.18. The van der Waals surface area contributed by atoms with Gasteiger partial charge in [0.05, 0.1) is 11.6 Å². The van der Waals surface area contributed by atoms with Gasteiger partial charge in [0.25, 0.3) is 11.8 Å². The van der Waals surface area contributed by atoms with Crippen LogP contribution in [0.4, 0.5) is 14.9 Å². The lowest BCUT2D eigenvalue weighted by atomic mass is 10.1. The Morgan fingerprint density at radius 1 is 1.09 bits per heavy atom. The quantitative estimate of drug-likeness (QED) is 0.362. The van der Waals surface area contributed by atoms with Crippen molar-refractivity contribution in [2.75, 3.05) is 11.9 Å². The fourth-order valence-electron chi connectivity index (χ4n) is 3.36. The first-order valence-electron chi connectivity index (χ1n) is 10.7. The number of carbonyl (C=O) groups is 3. The summed E-state index contributed by atoms with van der Waals surface area (Å²) in [4.78, 5) is 38.3. The monoisotopic (exact) mass is 493 g/mol. The summed E-state index contributed by atoms with van der Waals surface area (Å²) in [6, 6.07) is 17.2. The minimum absolute atomic E-state index is 0.130. The summed E-state index contributed by atoms with van der Waals surface area (Å²) < 4.78 is 18.4. The van der Waals surface area contributed by atoms with Gasteiger partial charge in [0, 0.05) is 5.69 Å². The zero-order valence-corrected chi connectivity index (χ0v) is 19.4. The number of urea groups is 1. The average Bonchev–Trinajstić information content (AvgIpc) is 3.08. The Bertz CT molecular complexity index is 1310. The Morgan fingerprint density at radius 3 is 2.49 bits per heavy atom. The van der Waals surface area contributed by atoms with Crippen molar-refractivity contribution in [2.24, 2.45) is 0 Å². The fraction of sp³-hybridized carbons (Fsp3) is 0.115. The molecule has 1 aliphatic heterocycles. The molecule has 0 atom stereocenters. The molecule has 0 unspecified atom stereocenters. The summed E-state index contributed by atoms with van der Waals surface area (Å²) in [7, 11) is 0. The number of carbonyl (C=O) groups excluding carboxylic acids is 3. The van der Waals surface area contributed by atoms with Crippen LogP contribution in [0, 0.1) is 12.7 Å². The van der Waals surface area contributed by atoms with Gasteiger partial charge in [0.1, 0.15) is 17.3 Å². The number of hydrogen-bond acceptors (Lipinski definition) is 4. The van der Waals surface area contributed by atoms with Crippen LogP contribution in [0.2, 0.25) is 5.02 Å². The van der Waals surface area contributed by atoms with Gasteiger partial charge in [-0.2, -0.15) is 0 Å². The number of nitrogens with one attached hydrogen (secondary N) is 2. The highest BCUT2D eigenvalue weighted by Crippen LogP contribution is 2.27. The minimum Gasteiger partial charge on any atom is -0.482 e. The van der Waals surface area contributed by atoms with E-state index in [0.717, 1.165) is 16.0 Å². The van der Waals surface area contributed by atoms with Gasteiger partial charge in [-0.25, -0.2) is 9.18 Å². The molecule has 4 amide bonds. The summed E-state index contributed by atoms with van der Waals surface area (Å²) in [5.41, 5.74) is 3.06. The van der Waals surface area contributed by atoms with E-state index in [4.69, 9.17) is 16.3 Å². The van der Waals surface area contributed by atoms with Crippen LogP contribution in [0.5, 0.6) is 5.75 Å². The van der Waals surface area contributed by atoms with Crippen LogP contribution in [-0.4, -0.2) is 29.4 Å². The molecule has 1 saturated heterocycles. The third-order valence-corrected chi connectivity index (χ3v) is 5.47. The van der Waals surface area contributed by atoms with Gasteiger partial charge in [0.2, 0.25) is 0 Å². The van der Waals surface area contributed by atoms with Gasteiger partial charge in [-0.3, -0.25) is 14.5 Å². The molecule has 1 fully saturated rings. The van der Waals surface area contributed by atoms with Crippen LogP contribution in [-0.2, 0) is 16.1 Å². The molecule has 0 spiro atoms. The molecule has 9 heteroatoms. The maximum atomic E-state index is 13.0. The highest BCUT2D eigenvalue weighted by atomic mass is 35.5. The second kappa shape index (κ2) is 10.4. The molecule has 0 radical (unpaired) electrons. The van der Waals surface area contributed by atoms with Crippen molar-refractivity contribution in [3.05, 3.63) is 100.0 Å². The van der Waals surface area contributed by atoms with Crippen molar-refractivity contribution in [3.8, 4) is 5.75 Å². The van der Waals surface area contributed by atoms with Gasteiger partial charge in [-0.05, 0) is 60.5 Å². The number of benzene rings is 3. The van der Waals surface area contributed by atoms with Gasteiger partial charge in [-0.1, -0.05) is 47.5 Å². The second-order valence-corrected chi connectivity index (χ2v) is 8.31. The first kappa shape index (κ1) is 24.0. The highest BCUT2D eigenvalue weighted by Gasteiger charge is 2.33. The van der Waals surface area contributed by atoms with Crippen LogP contribution in [0.25, 0.3) is 6.08 Å². The molecule has 0 saturated carbocycles. The molecule has 4 rings (SSSR count). The number of amides is 4. The first-order valence-corrected chi connectivity index (χ1v) is 11.0. The van der Waals surface area contributed by atoms with Crippen molar-refractivity contribution in [3.63, 3.8) is 0 Å². The Morgan fingerprint density at radius 2 is 1.80 bits per heavy atom. The predicted octanol–water partition coefficient (Wildman–Crippen LogP) is 4.90. The van der Waals surface area contributed by atoms with E-state index in [1.165, 1.54) is 30.3 Å². The van der Waals surface area contributed by atoms with Crippen LogP contribution >= 0.6 is 11.6 Å². The van der Waals surface area contributed by atoms with Crippen molar-refractivity contribution in [1.29, 1.82) is 0 Å². The summed E-state index contributed by atoms with van der Waals surface area (Å²) in [6.07, 6.45) is 1.52. The van der Waals surface area contributed by atoms with Gasteiger partial charge in [0.15, 0.2) is 6.61 Å². The Kier molecular flexibility index (Phi) is 7.12. The molecule has 0 bridgehead atoms. The van der Waals surface area contributed by atoms with Crippen LogP contribution in [0.15, 0.2) is 72.4 Å². The van der Waals surface area contributed by atoms with Crippen LogP contribution in [0.3, 0.4) is 0 Å². The second-order valence-electron chi connectivity index (χ2n) is 7.90. The number of ether oxygens (including phenoxy) is 1. The maximum absolute atomic E-state index is 13.0. The topological polar surface area (TPSA) is 87.7 Å². The third kappa shape index (κ3) is 6.04. The van der Waals surface area contributed by atoms with E-state index in [9.17, 15) is 18.8 Å². The molecular weight excluding hydrogens is 473 g/mol. The number of hydrogen-bond donors (Lipinski definition) is 2. The SMILES string of the molecule is Cc1ccc(CN2C(=O)N/C(=C/c3ccc(OCC(=O)Nc4ccc(F)cc4)c(Cl)c3)C2=O)cc1. The normalized spacial score (nSPS) is 14.3. The molecule has 7 nitrogen and oxygen atoms in total. The molecular formula is C26H21ClFN3O4. The molecule has 0 aromatic heterocycles. The fourth-order valence-corrected chi connectivity index (χ4v) is 3.60. The molecule has 3 aromatic carbocycles. The maximum Gasteiger partial charge on any atom is 0.329 e. The standard InChI is InChI=1S/C26H21ClFN3O4/c1-16-2-4-17(5-3-16)14-31-25(33)22(30-26(31)34)13-18-6-11-23(21(27)12-18)35-15-24(32)29-20-9-7-19(28)8-10-20/h2-13H,14-15H2,1H3,(H,29,32)(H,30,34)/b22-13+. The van der Waals surface area contributed by atoms with Crippen molar-refractivity contribution in [2.45, 2.75) is 13.5 Å². The van der Waals surface area contributed by atoms with Crippen LogP contribution < -0.4 is 15.4 Å². The summed E-state index contributed by atoms with van der Waals surface area (Å²) in [5, 5.41) is 5.39. The molecule has 2 N–H and O–H groups in total. The van der Waals surface area contributed by atoms with Gasteiger partial charge in [-0.15, -0.1) is 0 Å². The minimum atomic E-state index is -0.500. The Balaban J connectivity index is 1.37. The first-order chi connectivity index (χ1) is 16.8.